The number of fused-ring (bicyclic) bond motifs is 1. The van der Waals surface area contributed by atoms with Crippen molar-refractivity contribution in [2.24, 2.45) is 0 Å². The Labute approximate surface area is 182 Å². The zero-order valence-electron chi connectivity index (χ0n) is 17.3. The van der Waals surface area contributed by atoms with Crippen LogP contribution >= 0.6 is 0 Å². The zero-order valence-corrected chi connectivity index (χ0v) is 17.3. The molecule has 0 aromatic carbocycles. The minimum absolute atomic E-state index is 0.0620. The van der Waals surface area contributed by atoms with E-state index in [4.69, 9.17) is 21.0 Å². The van der Waals surface area contributed by atoms with Gasteiger partial charge in [-0.15, -0.1) is 0 Å². The fourth-order valence-electron chi connectivity index (χ4n) is 3.41. The Balaban J connectivity index is 1.75. The molecule has 1 unspecified atom stereocenters. The van der Waals surface area contributed by atoms with Crippen LogP contribution in [-0.2, 0) is 16.1 Å². The minimum atomic E-state index is -1.34. The molecule has 0 spiro atoms. The van der Waals surface area contributed by atoms with Gasteiger partial charge in [0.05, 0.1) is 5.52 Å². The largest absolute Gasteiger partial charge is 0.481 e. The van der Waals surface area contributed by atoms with Crippen molar-refractivity contribution in [3.63, 3.8) is 0 Å². The molecule has 0 saturated carbocycles. The number of nitrogens with zero attached hydrogens (tertiary/aromatic N) is 3. The zero-order chi connectivity index (χ0) is 23.4. The van der Waals surface area contributed by atoms with Crippen molar-refractivity contribution in [1.29, 1.82) is 0 Å². The van der Waals surface area contributed by atoms with Crippen LogP contribution in [0.15, 0.2) is 28.8 Å². The first-order chi connectivity index (χ1) is 15.2. The molecule has 2 atom stereocenters. The quantitative estimate of drug-likeness (QED) is 0.304. The summed E-state index contributed by atoms with van der Waals surface area (Å²) in [4.78, 5) is 42.6. The number of carboxylic acid groups (broad SMARTS) is 2. The van der Waals surface area contributed by atoms with Crippen LogP contribution in [0.4, 0.5) is 11.8 Å². The topological polar surface area (TPSA) is 200 Å². The number of anilines is 2. The van der Waals surface area contributed by atoms with Gasteiger partial charge in [-0.1, -0.05) is 6.92 Å². The fourth-order valence-corrected chi connectivity index (χ4v) is 3.41. The van der Waals surface area contributed by atoms with Crippen molar-refractivity contribution in [1.82, 2.24) is 19.9 Å². The number of furan rings is 1. The van der Waals surface area contributed by atoms with Gasteiger partial charge >= 0.3 is 11.9 Å². The maximum absolute atomic E-state index is 12.4. The maximum Gasteiger partial charge on any atom is 0.326 e. The first kappa shape index (κ1) is 22.6. The van der Waals surface area contributed by atoms with Gasteiger partial charge in [0, 0.05) is 25.1 Å². The third-order valence-corrected chi connectivity index (χ3v) is 5.07. The molecule has 3 rings (SSSR count). The Hall–Kier alpha value is -4.09. The molecule has 0 aliphatic heterocycles. The highest BCUT2D eigenvalue weighted by atomic mass is 16.4. The molecule has 0 bridgehead atoms. The number of hydrogen-bond acceptors (Lipinski definition) is 8. The number of rotatable bonds is 10. The normalized spacial score (nSPS) is 13.0. The number of aliphatic carboxylic acids is 2. The highest BCUT2D eigenvalue weighted by molar-refractivity contribution is 5.94. The molecule has 1 amide bonds. The molecule has 3 heterocycles. The van der Waals surface area contributed by atoms with Gasteiger partial charge in [0.2, 0.25) is 5.95 Å². The van der Waals surface area contributed by atoms with Crippen LogP contribution in [0.2, 0.25) is 0 Å². The summed E-state index contributed by atoms with van der Waals surface area (Å²) in [6.07, 6.45) is 1.87. The number of nitrogens with one attached hydrogen (secondary N) is 1. The van der Waals surface area contributed by atoms with E-state index in [-0.39, 0.29) is 36.3 Å². The molecule has 0 saturated heterocycles. The monoisotopic (exact) mass is 444 g/mol. The first-order valence-corrected chi connectivity index (χ1v) is 9.92. The Bertz CT molecular complexity index is 1150. The first-order valence-electron chi connectivity index (χ1n) is 9.92. The highest BCUT2D eigenvalue weighted by Crippen LogP contribution is 2.28. The van der Waals surface area contributed by atoms with Crippen LogP contribution in [0.1, 0.15) is 48.4 Å². The van der Waals surface area contributed by atoms with E-state index in [1.54, 1.807) is 12.1 Å². The van der Waals surface area contributed by atoms with E-state index < -0.39 is 23.9 Å². The van der Waals surface area contributed by atoms with Crippen molar-refractivity contribution in [3.8, 4) is 0 Å². The summed E-state index contributed by atoms with van der Waals surface area (Å²) in [5.74, 6) is -2.51. The molecule has 3 aromatic heterocycles. The number of nitrogen functional groups attached to an aromatic ring is 2. The number of amides is 1. The molecule has 32 heavy (non-hydrogen) atoms. The van der Waals surface area contributed by atoms with E-state index >= 15 is 0 Å². The minimum Gasteiger partial charge on any atom is -0.481 e. The average molecular weight is 444 g/mol. The molecule has 0 aliphatic carbocycles. The van der Waals surface area contributed by atoms with Crippen molar-refractivity contribution in [2.75, 3.05) is 11.5 Å². The summed E-state index contributed by atoms with van der Waals surface area (Å²) >= 11 is 0. The van der Waals surface area contributed by atoms with Crippen molar-refractivity contribution in [2.45, 2.75) is 44.7 Å². The van der Waals surface area contributed by atoms with Crippen molar-refractivity contribution in [3.05, 3.63) is 35.9 Å². The fraction of sp³-hybridized carbons (Fsp3) is 0.350. The molecule has 7 N–H and O–H groups in total. The summed E-state index contributed by atoms with van der Waals surface area (Å²) in [5.41, 5.74) is 12.9. The SMILES string of the molecule is CCC(Cn1ccc2nc(N)nc(N)c21)c1ccc(C(=O)N[C@H](CCC(=O)O)C(=O)O)o1. The smallest absolute Gasteiger partial charge is 0.326 e. The number of nitrogens with two attached hydrogens (primary N) is 2. The van der Waals surface area contributed by atoms with E-state index in [0.29, 0.717) is 29.8 Å². The standard InChI is InChI=1S/C20H24N6O6/c1-2-10(9-26-8-7-11-16(26)17(21)25-20(22)24-11)13-4-5-14(32-13)18(29)23-12(19(30)31)3-6-15(27)28/h4-5,7-8,10,12H,2-3,6,9H2,1H3,(H,23,29)(H,27,28)(H,30,31)(H4,21,22,24,25)/t10?,12-/m1/s1. The summed E-state index contributed by atoms with van der Waals surface area (Å²) in [6.45, 7) is 2.44. The third kappa shape index (κ3) is 4.96. The second-order valence-corrected chi connectivity index (χ2v) is 7.27. The van der Waals surface area contributed by atoms with Crippen LogP contribution in [0.25, 0.3) is 11.0 Å². The van der Waals surface area contributed by atoms with E-state index in [1.165, 1.54) is 6.07 Å². The lowest BCUT2D eigenvalue weighted by Crippen LogP contribution is -2.41. The molecule has 12 nitrogen and oxygen atoms in total. The molecule has 12 heteroatoms. The molecular formula is C20H24N6O6. The van der Waals surface area contributed by atoms with Crippen molar-refractivity contribution >= 4 is 40.6 Å². The predicted octanol–water partition coefficient (Wildman–Crippen LogP) is 1.43. The van der Waals surface area contributed by atoms with E-state index in [2.05, 4.69) is 15.3 Å². The second kappa shape index (κ2) is 9.37. The van der Waals surface area contributed by atoms with Gasteiger partial charge in [-0.25, -0.2) is 9.78 Å². The molecule has 0 aliphatic rings. The van der Waals surface area contributed by atoms with Gasteiger partial charge in [-0.3, -0.25) is 9.59 Å². The van der Waals surface area contributed by atoms with Crippen LogP contribution in [0.3, 0.4) is 0 Å². The lowest BCUT2D eigenvalue weighted by atomic mass is 10.0. The molecule has 0 radical (unpaired) electrons. The summed E-state index contributed by atoms with van der Waals surface area (Å²) < 4.78 is 7.58. The highest BCUT2D eigenvalue weighted by Gasteiger charge is 2.24. The Morgan fingerprint density at radius 1 is 1.19 bits per heavy atom. The predicted molar refractivity (Wildman–Crippen MR) is 114 cm³/mol. The van der Waals surface area contributed by atoms with Crippen LogP contribution in [0.5, 0.6) is 0 Å². The average Bonchev–Trinajstić information content (AvgIpc) is 3.36. The molecular weight excluding hydrogens is 420 g/mol. The number of carbonyl (C=O) groups is 3. The maximum atomic E-state index is 12.4. The third-order valence-electron chi connectivity index (χ3n) is 5.07. The van der Waals surface area contributed by atoms with E-state index in [0.717, 1.165) is 0 Å². The lowest BCUT2D eigenvalue weighted by molar-refractivity contribution is -0.140. The van der Waals surface area contributed by atoms with Gasteiger partial charge in [0.25, 0.3) is 5.91 Å². The number of carboxylic acids is 2. The summed E-state index contributed by atoms with van der Waals surface area (Å²) in [6, 6.07) is 3.55. The van der Waals surface area contributed by atoms with Crippen LogP contribution in [-0.4, -0.2) is 48.6 Å². The molecule has 0 fully saturated rings. The van der Waals surface area contributed by atoms with Crippen LogP contribution < -0.4 is 16.8 Å². The molecule has 170 valence electrons. The summed E-state index contributed by atoms with van der Waals surface area (Å²) in [7, 11) is 0. The lowest BCUT2D eigenvalue weighted by Gasteiger charge is -2.15. The number of hydrogen-bond donors (Lipinski definition) is 5. The van der Waals surface area contributed by atoms with Gasteiger partial charge in [-0.2, -0.15) is 4.98 Å². The van der Waals surface area contributed by atoms with Gasteiger partial charge in [0.1, 0.15) is 17.3 Å². The number of carbonyl (C=O) groups excluding carboxylic acids is 1. The molecule has 3 aromatic rings. The van der Waals surface area contributed by atoms with Gasteiger partial charge in [0.15, 0.2) is 11.6 Å². The van der Waals surface area contributed by atoms with Crippen molar-refractivity contribution < 1.29 is 29.0 Å². The summed E-state index contributed by atoms with van der Waals surface area (Å²) in [5, 5.41) is 20.3. The number of aromatic nitrogens is 3. The Kier molecular flexibility index (Phi) is 6.61. The second-order valence-electron chi connectivity index (χ2n) is 7.27. The van der Waals surface area contributed by atoms with Gasteiger partial charge < -0.3 is 36.0 Å². The van der Waals surface area contributed by atoms with E-state index in [9.17, 15) is 19.5 Å². The van der Waals surface area contributed by atoms with E-state index in [1.807, 2.05) is 17.7 Å². The van der Waals surface area contributed by atoms with Gasteiger partial charge in [-0.05, 0) is 31.0 Å². The van der Waals surface area contributed by atoms with Crippen LogP contribution in [0, 0.1) is 0 Å². The Morgan fingerprint density at radius 2 is 1.94 bits per heavy atom. The Morgan fingerprint density at radius 3 is 2.59 bits per heavy atom.